The van der Waals surface area contributed by atoms with Crippen LogP contribution in [0.5, 0.6) is 0 Å². The monoisotopic (exact) mass is 358 g/mol. The topological polar surface area (TPSA) is 109 Å². The van der Waals surface area contributed by atoms with Gasteiger partial charge in [0, 0.05) is 0 Å². The standard InChI is InChI=1S/C16H18N6O2S/c1-2-3-9-24-16(23)15-18-13(17)12(25-15)14-19-20-21-22(14)10-11-7-5-4-6-8-11/h4-8H,2-3,9-10,17H2,1H3. The molecule has 3 aromatic rings. The lowest BCUT2D eigenvalue weighted by molar-refractivity contribution is 0.0499. The van der Waals surface area contributed by atoms with Crippen LogP contribution < -0.4 is 5.73 Å². The number of nitrogen functional groups attached to an aromatic ring is 1. The number of thiazole rings is 1. The number of carbonyl (C=O) groups excluding carboxylic acids is 1. The number of hydrogen-bond acceptors (Lipinski definition) is 8. The average Bonchev–Trinajstić information content (AvgIpc) is 3.22. The van der Waals surface area contributed by atoms with E-state index in [0.29, 0.717) is 23.9 Å². The molecule has 0 saturated carbocycles. The lowest BCUT2D eigenvalue weighted by Gasteiger charge is -2.03. The van der Waals surface area contributed by atoms with Crippen molar-refractivity contribution < 1.29 is 9.53 Å². The fourth-order valence-electron chi connectivity index (χ4n) is 2.18. The Morgan fingerprint density at radius 1 is 1.32 bits per heavy atom. The minimum absolute atomic E-state index is 0.206. The highest BCUT2D eigenvalue weighted by Gasteiger charge is 2.21. The van der Waals surface area contributed by atoms with Gasteiger partial charge in [-0.3, -0.25) is 0 Å². The molecule has 25 heavy (non-hydrogen) atoms. The van der Waals surface area contributed by atoms with Gasteiger partial charge in [0.1, 0.15) is 10.7 Å². The Morgan fingerprint density at radius 2 is 2.12 bits per heavy atom. The predicted molar refractivity (Wildman–Crippen MR) is 94.1 cm³/mol. The Bertz CT molecular complexity index is 845. The molecule has 0 aliphatic rings. The number of hydrogen-bond donors (Lipinski definition) is 1. The van der Waals surface area contributed by atoms with Gasteiger partial charge in [-0.1, -0.05) is 43.7 Å². The molecule has 2 heterocycles. The molecule has 0 spiro atoms. The number of esters is 1. The Balaban J connectivity index is 1.81. The van der Waals surface area contributed by atoms with Gasteiger partial charge < -0.3 is 10.5 Å². The van der Waals surface area contributed by atoms with Gasteiger partial charge in [0.25, 0.3) is 0 Å². The zero-order valence-corrected chi connectivity index (χ0v) is 14.6. The fourth-order valence-corrected chi connectivity index (χ4v) is 3.05. The molecule has 2 N–H and O–H groups in total. The molecule has 0 radical (unpaired) electrons. The van der Waals surface area contributed by atoms with E-state index in [1.807, 2.05) is 37.3 Å². The van der Waals surface area contributed by atoms with Gasteiger partial charge in [0.15, 0.2) is 5.82 Å². The largest absolute Gasteiger partial charge is 0.460 e. The van der Waals surface area contributed by atoms with Gasteiger partial charge in [0.2, 0.25) is 5.01 Å². The molecule has 130 valence electrons. The van der Waals surface area contributed by atoms with E-state index < -0.39 is 5.97 Å². The van der Waals surface area contributed by atoms with E-state index in [0.717, 1.165) is 29.7 Å². The minimum atomic E-state index is -0.474. The predicted octanol–water partition coefficient (Wildman–Crippen LogP) is 2.38. The van der Waals surface area contributed by atoms with Crippen LogP contribution in [0.3, 0.4) is 0 Å². The van der Waals surface area contributed by atoms with Crippen LogP contribution in [0.1, 0.15) is 35.1 Å². The van der Waals surface area contributed by atoms with Crippen LogP contribution in [-0.4, -0.2) is 37.8 Å². The van der Waals surface area contributed by atoms with Gasteiger partial charge in [-0.25, -0.2) is 14.5 Å². The first kappa shape index (κ1) is 17.0. The lowest BCUT2D eigenvalue weighted by atomic mass is 10.2. The summed E-state index contributed by atoms with van der Waals surface area (Å²) in [4.78, 5) is 16.7. The van der Waals surface area contributed by atoms with Crippen LogP contribution in [0.25, 0.3) is 10.7 Å². The number of nitrogens with zero attached hydrogens (tertiary/aromatic N) is 5. The third kappa shape index (κ3) is 4.00. The van der Waals surface area contributed by atoms with E-state index in [1.165, 1.54) is 0 Å². The highest BCUT2D eigenvalue weighted by molar-refractivity contribution is 7.17. The van der Waals surface area contributed by atoms with E-state index in [1.54, 1.807) is 4.68 Å². The molecule has 2 aromatic heterocycles. The second-order valence-electron chi connectivity index (χ2n) is 5.37. The van der Waals surface area contributed by atoms with Crippen LogP contribution in [0.15, 0.2) is 30.3 Å². The van der Waals surface area contributed by atoms with Crippen LogP contribution >= 0.6 is 11.3 Å². The van der Waals surface area contributed by atoms with Gasteiger partial charge in [-0.05, 0) is 22.4 Å². The molecule has 9 heteroatoms. The maximum atomic E-state index is 12.0. The second-order valence-corrected chi connectivity index (χ2v) is 6.37. The molecule has 0 saturated heterocycles. The summed E-state index contributed by atoms with van der Waals surface area (Å²) in [6.07, 6.45) is 1.77. The molecule has 3 rings (SSSR count). The molecule has 0 amide bonds. The third-order valence-electron chi connectivity index (χ3n) is 3.47. The Labute approximate surface area is 148 Å². The minimum Gasteiger partial charge on any atom is -0.460 e. The summed E-state index contributed by atoms with van der Waals surface area (Å²) in [6, 6.07) is 9.81. The highest BCUT2D eigenvalue weighted by Crippen LogP contribution is 2.31. The van der Waals surface area contributed by atoms with Crippen molar-refractivity contribution in [3.8, 4) is 10.7 Å². The quantitative estimate of drug-likeness (QED) is 0.510. The summed E-state index contributed by atoms with van der Waals surface area (Å²) in [5.41, 5.74) is 7.02. The van der Waals surface area contributed by atoms with Crippen molar-refractivity contribution in [2.45, 2.75) is 26.3 Å². The summed E-state index contributed by atoms with van der Waals surface area (Å²) in [5, 5.41) is 12.0. The molecular formula is C16H18N6O2S. The highest BCUT2D eigenvalue weighted by atomic mass is 32.1. The smallest absolute Gasteiger partial charge is 0.367 e. The van der Waals surface area contributed by atoms with Crippen LogP contribution in [0.4, 0.5) is 5.82 Å². The van der Waals surface area contributed by atoms with Crippen LogP contribution in [0.2, 0.25) is 0 Å². The van der Waals surface area contributed by atoms with E-state index in [2.05, 4.69) is 20.5 Å². The SMILES string of the molecule is CCCCOC(=O)c1nc(N)c(-c2nnnn2Cc2ccccc2)s1. The molecule has 8 nitrogen and oxygen atoms in total. The van der Waals surface area contributed by atoms with Crippen molar-refractivity contribution >= 4 is 23.1 Å². The summed E-state index contributed by atoms with van der Waals surface area (Å²) >= 11 is 1.13. The number of unbranched alkanes of at least 4 members (excludes halogenated alkanes) is 1. The molecule has 0 fully saturated rings. The normalized spacial score (nSPS) is 10.8. The van der Waals surface area contributed by atoms with Crippen molar-refractivity contribution in [1.82, 2.24) is 25.2 Å². The first-order valence-corrected chi connectivity index (χ1v) is 8.74. The Kier molecular flexibility index (Phi) is 5.34. The van der Waals surface area contributed by atoms with Crippen molar-refractivity contribution in [1.29, 1.82) is 0 Å². The Morgan fingerprint density at radius 3 is 2.88 bits per heavy atom. The number of nitrogens with two attached hydrogens (primary N) is 1. The first-order valence-electron chi connectivity index (χ1n) is 7.93. The molecule has 0 aliphatic heterocycles. The van der Waals surface area contributed by atoms with Crippen molar-refractivity contribution in [3.63, 3.8) is 0 Å². The van der Waals surface area contributed by atoms with Gasteiger partial charge in [-0.2, -0.15) is 0 Å². The average molecular weight is 358 g/mol. The summed E-state index contributed by atoms with van der Waals surface area (Å²) in [5.74, 6) is 0.224. The molecule has 1 aromatic carbocycles. The maximum Gasteiger partial charge on any atom is 0.367 e. The van der Waals surface area contributed by atoms with Gasteiger partial charge in [-0.15, -0.1) is 16.4 Å². The summed E-state index contributed by atoms with van der Waals surface area (Å²) in [7, 11) is 0. The van der Waals surface area contributed by atoms with Crippen molar-refractivity contribution in [3.05, 3.63) is 40.9 Å². The van der Waals surface area contributed by atoms with Crippen LogP contribution in [0, 0.1) is 0 Å². The second kappa shape index (κ2) is 7.84. The number of anilines is 1. The zero-order chi connectivity index (χ0) is 17.6. The van der Waals surface area contributed by atoms with E-state index in [9.17, 15) is 4.79 Å². The van der Waals surface area contributed by atoms with Crippen LogP contribution in [-0.2, 0) is 11.3 Å². The van der Waals surface area contributed by atoms with E-state index >= 15 is 0 Å². The maximum absolute atomic E-state index is 12.0. The van der Waals surface area contributed by atoms with Gasteiger partial charge in [0.05, 0.1) is 13.2 Å². The number of rotatable bonds is 7. The van der Waals surface area contributed by atoms with Gasteiger partial charge >= 0.3 is 5.97 Å². The first-order chi connectivity index (χ1) is 12.2. The number of ether oxygens (including phenoxy) is 1. The molecule has 0 aliphatic carbocycles. The van der Waals surface area contributed by atoms with Crippen molar-refractivity contribution in [2.24, 2.45) is 0 Å². The lowest BCUT2D eigenvalue weighted by Crippen LogP contribution is -2.06. The molecule has 0 unspecified atom stereocenters. The van der Waals surface area contributed by atoms with E-state index in [-0.39, 0.29) is 10.8 Å². The molecule has 0 atom stereocenters. The third-order valence-corrected chi connectivity index (χ3v) is 4.52. The summed E-state index contributed by atoms with van der Waals surface area (Å²) in [6.45, 7) is 2.90. The van der Waals surface area contributed by atoms with Crippen molar-refractivity contribution in [2.75, 3.05) is 12.3 Å². The summed E-state index contributed by atoms with van der Waals surface area (Å²) < 4.78 is 6.81. The number of tetrazole rings is 1. The molecular weight excluding hydrogens is 340 g/mol. The zero-order valence-electron chi connectivity index (χ0n) is 13.8. The number of benzene rings is 1. The number of carbonyl (C=O) groups is 1. The fraction of sp³-hybridized carbons (Fsp3) is 0.312. The Hall–Kier alpha value is -2.81. The van der Waals surface area contributed by atoms with E-state index in [4.69, 9.17) is 10.5 Å². The molecule has 0 bridgehead atoms. The number of aromatic nitrogens is 5.